The fourth-order valence-electron chi connectivity index (χ4n) is 1.36. The third kappa shape index (κ3) is 2.36. The zero-order chi connectivity index (χ0) is 9.10. The van der Waals surface area contributed by atoms with Crippen LogP contribution in [0, 0.1) is 0 Å². The summed E-state index contributed by atoms with van der Waals surface area (Å²) in [5.41, 5.74) is 1.27. The van der Waals surface area contributed by atoms with Crippen molar-refractivity contribution in [3.8, 4) is 0 Å². The predicted octanol–water partition coefficient (Wildman–Crippen LogP) is 2.11. The lowest BCUT2D eigenvalue weighted by molar-refractivity contribution is 0.688. The minimum atomic E-state index is 0.540. The Morgan fingerprint density at radius 2 is 2.46 bits per heavy atom. The van der Waals surface area contributed by atoms with E-state index in [0.29, 0.717) is 10.4 Å². The fraction of sp³-hybridized carbons (Fsp3) is 0.444. The van der Waals surface area contributed by atoms with Crippen LogP contribution < -0.4 is 5.32 Å². The van der Waals surface area contributed by atoms with E-state index in [9.17, 15) is 0 Å². The number of nitrogens with zero attached hydrogens (tertiary/aromatic N) is 1. The van der Waals surface area contributed by atoms with Gasteiger partial charge in [-0.2, -0.15) is 11.8 Å². The highest BCUT2D eigenvalue weighted by Crippen LogP contribution is 2.29. The molecular weight excluding hydrogens is 204 g/mol. The summed E-state index contributed by atoms with van der Waals surface area (Å²) in [4.78, 5) is 4.08. The van der Waals surface area contributed by atoms with Gasteiger partial charge < -0.3 is 5.32 Å². The van der Waals surface area contributed by atoms with Gasteiger partial charge in [0.1, 0.15) is 5.15 Å². The first-order valence-corrected chi connectivity index (χ1v) is 5.73. The fourth-order valence-corrected chi connectivity index (χ4v) is 2.58. The van der Waals surface area contributed by atoms with Gasteiger partial charge in [0, 0.05) is 30.3 Å². The molecule has 0 radical (unpaired) electrons. The predicted molar refractivity (Wildman–Crippen MR) is 57.3 cm³/mol. The second kappa shape index (κ2) is 4.31. The molecule has 1 saturated heterocycles. The van der Waals surface area contributed by atoms with Crippen LogP contribution in [0.3, 0.4) is 0 Å². The smallest absolute Gasteiger partial charge is 0.129 e. The lowest BCUT2D eigenvalue weighted by Crippen LogP contribution is -2.28. The van der Waals surface area contributed by atoms with Gasteiger partial charge in [-0.05, 0) is 11.6 Å². The van der Waals surface area contributed by atoms with Gasteiger partial charge in [0.15, 0.2) is 0 Å². The molecule has 1 aliphatic heterocycles. The summed E-state index contributed by atoms with van der Waals surface area (Å²) in [6.07, 6.45) is 1.87. The molecule has 2 nitrogen and oxygen atoms in total. The molecule has 0 bridgehead atoms. The highest BCUT2D eigenvalue weighted by molar-refractivity contribution is 7.99. The minimum Gasteiger partial charge on any atom is -0.314 e. The molecule has 2 heterocycles. The molecule has 1 unspecified atom stereocenters. The Kier molecular flexibility index (Phi) is 3.09. The minimum absolute atomic E-state index is 0.540. The number of thioether (sulfide) groups is 1. The molecule has 1 aromatic rings. The first-order valence-electron chi connectivity index (χ1n) is 4.30. The van der Waals surface area contributed by atoms with Gasteiger partial charge in [-0.25, -0.2) is 4.98 Å². The van der Waals surface area contributed by atoms with E-state index < -0.39 is 0 Å². The van der Waals surface area contributed by atoms with Crippen LogP contribution in [-0.4, -0.2) is 23.8 Å². The van der Waals surface area contributed by atoms with E-state index in [1.165, 1.54) is 11.3 Å². The van der Waals surface area contributed by atoms with Crippen LogP contribution in [0.4, 0.5) is 0 Å². The van der Waals surface area contributed by atoms with Crippen LogP contribution in [-0.2, 0) is 0 Å². The second-order valence-corrected chi connectivity index (χ2v) is 4.68. The van der Waals surface area contributed by atoms with E-state index in [1.807, 2.05) is 24.0 Å². The maximum atomic E-state index is 5.72. The van der Waals surface area contributed by atoms with Gasteiger partial charge in [0.25, 0.3) is 0 Å². The van der Waals surface area contributed by atoms with Crippen molar-refractivity contribution in [2.24, 2.45) is 0 Å². The third-order valence-corrected chi connectivity index (χ3v) is 3.55. The van der Waals surface area contributed by atoms with Crippen molar-refractivity contribution in [1.29, 1.82) is 0 Å². The van der Waals surface area contributed by atoms with Gasteiger partial charge in [0.05, 0.1) is 0 Å². The zero-order valence-corrected chi connectivity index (χ0v) is 8.74. The standard InChI is InChI=1S/C9H11ClN2S/c10-9-2-1-7(5-12-9)8-6-11-3-4-13-8/h1-2,5,8,11H,3-4,6H2. The second-order valence-electron chi connectivity index (χ2n) is 2.98. The van der Waals surface area contributed by atoms with Crippen molar-refractivity contribution in [1.82, 2.24) is 10.3 Å². The summed E-state index contributed by atoms with van der Waals surface area (Å²) in [6.45, 7) is 2.15. The topological polar surface area (TPSA) is 24.9 Å². The molecule has 1 aliphatic rings. The van der Waals surface area contributed by atoms with Crippen molar-refractivity contribution in [2.75, 3.05) is 18.8 Å². The number of hydrogen-bond donors (Lipinski definition) is 1. The Morgan fingerprint density at radius 1 is 1.54 bits per heavy atom. The molecule has 1 fully saturated rings. The number of nitrogens with one attached hydrogen (secondary N) is 1. The van der Waals surface area contributed by atoms with Crippen molar-refractivity contribution in [2.45, 2.75) is 5.25 Å². The summed E-state index contributed by atoms with van der Waals surface area (Å²) < 4.78 is 0. The Labute approximate surface area is 87.1 Å². The highest BCUT2D eigenvalue weighted by atomic mass is 35.5. The monoisotopic (exact) mass is 214 g/mol. The molecule has 0 saturated carbocycles. The van der Waals surface area contributed by atoms with Gasteiger partial charge in [-0.3, -0.25) is 0 Å². The summed E-state index contributed by atoms with van der Waals surface area (Å²) >= 11 is 7.69. The Bertz CT molecular complexity index is 269. The first-order chi connectivity index (χ1) is 6.36. The molecule has 0 spiro atoms. The Balaban J connectivity index is 2.10. The average Bonchev–Trinajstić information content (AvgIpc) is 2.20. The van der Waals surface area contributed by atoms with E-state index in [0.717, 1.165) is 13.1 Å². The lowest BCUT2D eigenvalue weighted by Gasteiger charge is -2.22. The van der Waals surface area contributed by atoms with Gasteiger partial charge in [0.2, 0.25) is 0 Å². The van der Waals surface area contributed by atoms with Crippen LogP contribution in [0.25, 0.3) is 0 Å². The van der Waals surface area contributed by atoms with Crippen molar-refractivity contribution in [3.05, 3.63) is 29.0 Å². The molecule has 2 rings (SSSR count). The quantitative estimate of drug-likeness (QED) is 0.725. The normalized spacial score (nSPS) is 23.0. The molecular formula is C9H11ClN2S. The van der Waals surface area contributed by atoms with Gasteiger partial charge >= 0.3 is 0 Å². The van der Waals surface area contributed by atoms with Crippen molar-refractivity contribution >= 4 is 23.4 Å². The zero-order valence-electron chi connectivity index (χ0n) is 7.16. The average molecular weight is 215 g/mol. The van der Waals surface area contributed by atoms with Gasteiger partial charge in [-0.1, -0.05) is 17.7 Å². The third-order valence-electron chi connectivity index (χ3n) is 2.05. The number of hydrogen-bond acceptors (Lipinski definition) is 3. The molecule has 70 valence electrons. The number of aromatic nitrogens is 1. The van der Waals surface area contributed by atoms with Gasteiger partial charge in [-0.15, -0.1) is 0 Å². The SMILES string of the molecule is Clc1ccc(C2CNCCS2)cn1. The highest BCUT2D eigenvalue weighted by Gasteiger charge is 2.15. The molecule has 1 aromatic heterocycles. The lowest BCUT2D eigenvalue weighted by atomic mass is 10.2. The largest absolute Gasteiger partial charge is 0.314 e. The number of halogens is 1. The van der Waals surface area contributed by atoms with Crippen LogP contribution in [0.5, 0.6) is 0 Å². The first kappa shape index (κ1) is 9.31. The Hall–Kier alpha value is -0.250. The van der Waals surface area contributed by atoms with Crippen LogP contribution in [0.15, 0.2) is 18.3 Å². The van der Waals surface area contributed by atoms with E-state index in [4.69, 9.17) is 11.6 Å². The molecule has 4 heteroatoms. The van der Waals surface area contributed by atoms with Crippen molar-refractivity contribution in [3.63, 3.8) is 0 Å². The molecule has 0 aromatic carbocycles. The van der Waals surface area contributed by atoms with Crippen molar-refractivity contribution < 1.29 is 0 Å². The maximum absolute atomic E-state index is 5.72. The van der Waals surface area contributed by atoms with Crippen LogP contribution in [0.1, 0.15) is 10.8 Å². The molecule has 1 atom stereocenters. The van der Waals surface area contributed by atoms with E-state index in [2.05, 4.69) is 16.4 Å². The summed E-state index contributed by atoms with van der Waals surface area (Å²) in [5.74, 6) is 1.17. The number of pyridine rings is 1. The molecule has 0 aliphatic carbocycles. The molecule has 13 heavy (non-hydrogen) atoms. The Morgan fingerprint density at radius 3 is 3.08 bits per heavy atom. The summed E-state index contributed by atoms with van der Waals surface area (Å²) in [6, 6.07) is 3.91. The summed E-state index contributed by atoms with van der Waals surface area (Å²) in [5, 5.41) is 4.47. The maximum Gasteiger partial charge on any atom is 0.129 e. The van der Waals surface area contributed by atoms with E-state index >= 15 is 0 Å². The van der Waals surface area contributed by atoms with Crippen LogP contribution >= 0.6 is 23.4 Å². The molecule has 1 N–H and O–H groups in total. The summed E-state index contributed by atoms with van der Waals surface area (Å²) in [7, 11) is 0. The molecule has 0 amide bonds. The number of rotatable bonds is 1. The van der Waals surface area contributed by atoms with Crippen LogP contribution in [0.2, 0.25) is 5.15 Å². The van der Waals surface area contributed by atoms with E-state index in [-0.39, 0.29) is 0 Å². The van der Waals surface area contributed by atoms with E-state index in [1.54, 1.807) is 0 Å².